The number of nitrogens with zero attached hydrogens (tertiary/aromatic N) is 3. The highest BCUT2D eigenvalue weighted by Crippen LogP contribution is 2.28. The zero-order valence-electron chi connectivity index (χ0n) is 12.0. The molecule has 2 atom stereocenters. The van der Waals surface area contributed by atoms with Crippen LogP contribution in [0.2, 0.25) is 0 Å². The minimum absolute atomic E-state index is 0.161. The predicted octanol–water partition coefficient (Wildman–Crippen LogP) is 2.28. The van der Waals surface area contributed by atoms with E-state index in [1.54, 1.807) is 6.26 Å². The molecule has 0 N–H and O–H groups in total. The van der Waals surface area contributed by atoms with Crippen molar-refractivity contribution < 1.29 is 13.6 Å². The summed E-state index contributed by atoms with van der Waals surface area (Å²) in [5.74, 6) is 1.88. The predicted molar refractivity (Wildman–Crippen MR) is 72.2 cm³/mol. The van der Waals surface area contributed by atoms with E-state index in [0.717, 1.165) is 30.8 Å². The molecular formula is C14H19N3O3. The highest BCUT2D eigenvalue weighted by atomic mass is 16.5. The molecule has 1 fully saturated rings. The van der Waals surface area contributed by atoms with Gasteiger partial charge in [0.1, 0.15) is 11.9 Å². The van der Waals surface area contributed by atoms with Crippen LogP contribution in [0.5, 0.6) is 0 Å². The van der Waals surface area contributed by atoms with Crippen LogP contribution < -0.4 is 0 Å². The van der Waals surface area contributed by atoms with Crippen molar-refractivity contribution in [3.8, 4) is 11.5 Å². The molecule has 0 spiro atoms. The molecule has 2 aromatic rings. The number of hydrogen-bond acceptors (Lipinski definition) is 6. The van der Waals surface area contributed by atoms with Crippen LogP contribution in [-0.4, -0.2) is 41.3 Å². The molecule has 0 saturated carbocycles. The molecule has 108 valence electrons. The molecule has 0 unspecified atom stereocenters. The van der Waals surface area contributed by atoms with E-state index in [1.165, 1.54) is 0 Å². The maximum atomic E-state index is 5.87. The third-order valence-corrected chi connectivity index (χ3v) is 3.46. The summed E-state index contributed by atoms with van der Waals surface area (Å²) in [6.45, 7) is 5.75. The Bertz CT molecular complexity index is 568. The second-order valence-electron chi connectivity index (χ2n) is 5.21. The Morgan fingerprint density at radius 2 is 2.20 bits per heavy atom. The summed E-state index contributed by atoms with van der Waals surface area (Å²) in [5.41, 5.74) is 0.864. The molecule has 6 nitrogen and oxygen atoms in total. The van der Waals surface area contributed by atoms with E-state index in [9.17, 15) is 0 Å². The van der Waals surface area contributed by atoms with Crippen molar-refractivity contribution >= 4 is 0 Å². The van der Waals surface area contributed by atoms with Crippen molar-refractivity contribution in [2.75, 3.05) is 20.1 Å². The second-order valence-corrected chi connectivity index (χ2v) is 5.21. The molecule has 0 radical (unpaired) electrons. The monoisotopic (exact) mass is 277 g/mol. The van der Waals surface area contributed by atoms with Crippen LogP contribution >= 0.6 is 0 Å². The zero-order chi connectivity index (χ0) is 14.1. The molecule has 0 aliphatic carbocycles. The Balaban J connectivity index is 1.83. The van der Waals surface area contributed by atoms with E-state index >= 15 is 0 Å². The van der Waals surface area contributed by atoms with Gasteiger partial charge in [-0.25, -0.2) is 0 Å². The van der Waals surface area contributed by atoms with Gasteiger partial charge in [0.05, 0.1) is 17.9 Å². The van der Waals surface area contributed by atoms with E-state index in [-0.39, 0.29) is 12.2 Å². The summed E-state index contributed by atoms with van der Waals surface area (Å²) >= 11 is 0. The van der Waals surface area contributed by atoms with Crippen molar-refractivity contribution in [3.05, 3.63) is 24.0 Å². The summed E-state index contributed by atoms with van der Waals surface area (Å²) in [6.07, 6.45) is 2.43. The Morgan fingerprint density at radius 3 is 2.95 bits per heavy atom. The van der Waals surface area contributed by atoms with Gasteiger partial charge in [0.2, 0.25) is 5.89 Å². The molecule has 0 amide bonds. The highest BCUT2D eigenvalue weighted by molar-refractivity contribution is 5.54. The number of hydrogen-bond donors (Lipinski definition) is 0. The topological polar surface area (TPSA) is 64.5 Å². The van der Waals surface area contributed by atoms with Gasteiger partial charge in [-0.15, -0.1) is 10.2 Å². The van der Waals surface area contributed by atoms with E-state index in [1.807, 2.05) is 19.9 Å². The van der Waals surface area contributed by atoms with E-state index in [2.05, 4.69) is 22.1 Å². The maximum absolute atomic E-state index is 5.87. The van der Waals surface area contributed by atoms with Crippen molar-refractivity contribution in [2.45, 2.75) is 32.5 Å². The Kier molecular flexibility index (Phi) is 3.58. The minimum atomic E-state index is -0.165. The third-order valence-electron chi connectivity index (χ3n) is 3.46. The molecule has 3 heterocycles. The average molecular weight is 277 g/mol. The lowest BCUT2D eigenvalue weighted by atomic mass is 10.2. The standard InChI is InChI=1S/C14H19N3O3/c1-4-11-10(5-6-18-11)13-15-16-14(20-13)12-8-17(3)7-9(2)19-12/h5-6,9,12H,4,7-8H2,1-3H3/t9-,12-/m1/s1. The molecular weight excluding hydrogens is 258 g/mol. The van der Waals surface area contributed by atoms with Crippen LogP contribution in [0.1, 0.15) is 31.6 Å². The van der Waals surface area contributed by atoms with Gasteiger partial charge < -0.3 is 18.5 Å². The fourth-order valence-corrected chi connectivity index (χ4v) is 2.58. The molecule has 6 heteroatoms. The van der Waals surface area contributed by atoms with Crippen molar-refractivity contribution in [3.63, 3.8) is 0 Å². The number of aryl methyl sites for hydroxylation is 1. The fourth-order valence-electron chi connectivity index (χ4n) is 2.58. The summed E-state index contributed by atoms with van der Waals surface area (Å²) < 4.78 is 17.0. The van der Waals surface area contributed by atoms with Gasteiger partial charge in [0.25, 0.3) is 5.89 Å². The smallest absolute Gasteiger partial charge is 0.251 e. The highest BCUT2D eigenvalue weighted by Gasteiger charge is 2.29. The molecule has 20 heavy (non-hydrogen) atoms. The molecule has 1 aliphatic heterocycles. The first-order valence-corrected chi connectivity index (χ1v) is 6.91. The normalized spacial score (nSPS) is 24.1. The molecule has 0 aromatic carbocycles. The number of furan rings is 1. The van der Waals surface area contributed by atoms with Crippen LogP contribution in [0.15, 0.2) is 21.2 Å². The van der Waals surface area contributed by atoms with Crippen molar-refractivity contribution in [1.29, 1.82) is 0 Å². The summed E-state index contributed by atoms with van der Waals surface area (Å²) in [5, 5.41) is 8.25. The second kappa shape index (κ2) is 5.38. The summed E-state index contributed by atoms with van der Waals surface area (Å²) in [4.78, 5) is 2.21. The lowest BCUT2D eigenvalue weighted by molar-refractivity contribution is -0.0821. The van der Waals surface area contributed by atoms with E-state index in [0.29, 0.717) is 11.8 Å². The number of ether oxygens (including phenoxy) is 1. The van der Waals surface area contributed by atoms with Gasteiger partial charge in [-0.3, -0.25) is 0 Å². The van der Waals surface area contributed by atoms with Gasteiger partial charge >= 0.3 is 0 Å². The molecule has 0 bridgehead atoms. The first-order chi connectivity index (χ1) is 9.67. The molecule has 2 aromatic heterocycles. The Morgan fingerprint density at radius 1 is 1.35 bits per heavy atom. The maximum Gasteiger partial charge on any atom is 0.251 e. The van der Waals surface area contributed by atoms with Crippen molar-refractivity contribution in [2.24, 2.45) is 0 Å². The van der Waals surface area contributed by atoms with Crippen LogP contribution in [0.3, 0.4) is 0 Å². The number of morpholine rings is 1. The van der Waals surface area contributed by atoms with E-state index < -0.39 is 0 Å². The van der Waals surface area contributed by atoms with Crippen LogP contribution in [-0.2, 0) is 11.2 Å². The van der Waals surface area contributed by atoms with Crippen molar-refractivity contribution in [1.82, 2.24) is 15.1 Å². The third kappa shape index (κ3) is 2.48. The van der Waals surface area contributed by atoms with Crippen LogP contribution in [0.4, 0.5) is 0 Å². The first-order valence-electron chi connectivity index (χ1n) is 6.91. The number of rotatable bonds is 3. The minimum Gasteiger partial charge on any atom is -0.469 e. The lowest BCUT2D eigenvalue weighted by Gasteiger charge is -2.32. The van der Waals surface area contributed by atoms with Crippen LogP contribution in [0.25, 0.3) is 11.5 Å². The zero-order valence-corrected chi connectivity index (χ0v) is 12.0. The largest absolute Gasteiger partial charge is 0.469 e. The first kappa shape index (κ1) is 13.3. The number of aromatic nitrogens is 2. The van der Waals surface area contributed by atoms with E-state index in [4.69, 9.17) is 13.6 Å². The fraction of sp³-hybridized carbons (Fsp3) is 0.571. The van der Waals surface area contributed by atoms with Gasteiger partial charge in [-0.1, -0.05) is 6.92 Å². The SMILES string of the molecule is CCc1occc1-c1nnc([C@H]2CN(C)C[C@@H](C)O2)o1. The quantitative estimate of drug-likeness (QED) is 0.857. The van der Waals surface area contributed by atoms with Gasteiger partial charge in [0, 0.05) is 19.5 Å². The van der Waals surface area contributed by atoms with Gasteiger partial charge in [-0.2, -0.15) is 0 Å². The Labute approximate surface area is 117 Å². The molecule has 3 rings (SSSR count). The Hall–Kier alpha value is -1.66. The molecule has 1 saturated heterocycles. The van der Waals surface area contributed by atoms with Gasteiger partial charge in [-0.05, 0) is 20.0 Å². The average Bonchev–Trinajstić information content (AvgIpc) is 3.06. The lowest BCUT2D eigenvalue weighted by Crippen LogP contribution is -2.40. The summed E-state index contributed by atoms with van der Waals surface area (Å²) in [6, 6.07) is 1.85. The molecule has 1 aliphatic rings. The number of likely N-dealkylation sites (N-methyl/N-ethyl adjacent to an activating group) is 1. The van der Waals surface area contributed by atoms with Crippen LogP contribution in [0, 0.1) is 0 Å². The summed E-state index contributed by atoms with van der Waals surface area (Å²) in [7, 11) is 2.06. The van der Waals surface area contributed by atoms with Gasteiger partial charge in [0.15, 0.2) is 0 Å².